The van der Waals surface area contributed by atoms with Crippen molar-refractivity contribution in [3.63, 3.8) is 0 Å². The van der Waals surface area contributed by atoms with Gasteiger partial charge in [0.25, 0.3) is 11.7 Å². The van der Waals surface area contributed by atoms with E-state index in [1.165, 1.54) is 34.4 Å². The molecule has 1 saturated heterocycles. The number of hydrogen-bond acceptors (Lipinski definition) is 5. The quantitative estimate of drug-likeness (QED) is 0.279. The van der Waals surface area contributed by atoms with E-state index in [2.05, 4.69) is 0 Å². The lowest BCUT2D eigenvalue weighted by Gasteiger charge is -2.25. The first-order valence-electron chi connectivity index (χ1n) is 10.7. The summed E-state index contributed by atoms with van der Waals surface area (Å²) < 4.78 is 19.7. The lowest BCUT2D eigenvalue weighted by atomic mass is 9.97. The second kappa shape index (κ2) is 9.19. The molecule has 0 aliphatic carbocycles. The molecule has 1 amide bonds. The number of ketones is 1. The van der Waals surface area contributed by atoms with Crippen molar-refractivity contribution in [1.29, 1.82) is 0 Å². The number of aliphatic hydroxyl groups is 1. The third kappa shape index (κ3) is 4.16. The lowest BCUT2D eigenvalue weighted by molar-refractivity contribution is -0.132. The van der Waals surface area contributed by atoms with Crippen molar-refractivity contribution in [2.45, 2.75) is 33.2 Å². The van der Waals surface area contributed by atoms with Gasteiger partial charge >= 0.3 is 0 Å². The molecule has 3 aromatic rings. The number of benzene rings is 2. The highest BCUT2D eigenvalue weighted by Gasteiger charge is 2.48. The molecule has 1 fully saturated rings. The molecule has 5 nitrogen and oxygen atoms in total. The average Bonchev–Trinajstić information content (AvgIpc) is 3.32. The van der Waals surface area contributed by atoms with Gasteiger partial charge in [-0.3, -0.25) is 14.5 Å². The number of rotatable bonds is 6. The molecular formula is C26H24FNO4S. The van der Waals surface area contributed by atoms with E-state index in [1.54, 1.807) is 24.3 Å². The van der Waals surface area contributed by atoms with Crippen LogP contribution in [0.1, 0.15) is 41.0 Å². The first-order valence-corrected chi connectivity index (χ1v) is 11.6. The summed E-state index contributed by atoms with van der Waals surface area (Å²) in [4.78, 5) is 28.3. The van der Waals surface area contributed by atoms with E-state index in [0.717, 1.165) is 22.4 Å². The molecule has 7 heteroatoms. The highest BCUT2D eigenvalue weighted by molar-refractivity contribution is 7.10. The average molecular weight is 466 g/mol. The van der Waals surface area contributed by atoms with Crippen molar-refractivity contribution in [2.24, 2.45) is 0 Å². The van der Waals surface area contributed by atoms with Crippen molar-refractivity contribution in [1.82, 2.24) is 0 Å². The number of carbonyl (C=O) groups is 2. The maximum Gasteiger partial charge on any atom is 0.300 e. The lowest BCUT2D eigenvalue weighted by Crippen LogP contribution is -2.29. The van der Waals surface area contributed by atoms with Crippen molar-refractivity contribution in [2.75, 3.05) is 11.5 Å². The monoisotopic (exact) mass is 465 g/mol. The summed E-state index contributed by atoms with van der Waals surface area (Å²) in [5, 5.41) is 13.1. The normalized spacial score (nSPS) is 17.6. The minimum absolute atomic E-state index is 0.0172. The van der Waals surface area contributed by atoms with E-state index in [4.69, 9.17) is 4.74 Å². The van der Waals surface area contributed by atoms with Gasteiger partial charge < -0.3 is 9.84 Å². The number of hydrogen-bond donors (Lipinski definition) is 1. The molecule has 0 spiro atoms. The fourth-order valence-electron chi connectivity index (χ4n) is 3.96. The number of anilines is 1. The summed E-state index contributed by atoms with van der Waals surface area (Å²) >= 11 is 1.38. The molecule has 0 bridgehead atoms. The third-order valence-corrected chi connectivity index (χ3v) is 6.66. The molecule has 2 aromatic carbocycles. The number of aliphatic hydroxyl groups excluding tert-OH is 1. The van der Waals surface area contributed by atoms with E-state index < -0.39 is 23.5 Å². The van der Waals surface area contributed by atoms with E-state index in [0.29, 0.717) is 17.9 Å². The number of amides is 1. The van der Waals surface area contributed by atoms with Crippen LogP contribution in [0.2, 0.25) is 0 Å². The Morgan fingerprint density at radius 3 is 2.55 bits per heavy atom. The Morgan fingerprint density at radius 1 is 1.12 bits per heavy atom. The van der Waals surface area contributed by atoms with E-state index in [-0.39, 0.29) is 17.0 Å². The van der Waals surface area contributed by atoms with Gasteiger partial charge in [0.2, 0.25) is 0 Å². The van der Waals surface area contributed by atoms with Crippen molar-refractivity contribution >= 4 is 34.5 Å². The molecule has 1 aliphatic rings. The Morgan fingerprint density at radius 2 is 1.91 bits per heavy atom. The molecule has 1 aromatic heterocycles. The van der Waals surface area contributed by atoms with E-state index >= 15 is 0 Å². The Bertz CT molecular complexity index is 1260. The van der Waals surface area contributed by atoms with Crippen LogP contribution in [0.4, 0.5) is 10.1 Å². The number of halogens is 1. The second-order valence-corrected chi connectivity index (χ2v) is 8.89. The second-order valence-electron chi connectivity index (χ2n) is 7.95. The number of carbonyl (C=O) groups excluding carboxylic acids is 2. The van der Waals surface area contributed by atoms with Crippen molar-refractivity contribution in [3.05, 3.63) is 86.9 Å². The van der Waals surface area contributed by atoms with Crippen LogP contribution in [-0.4, -0.2) is 23.4 Å². The van der Waals surface area contributed by atoms with Gasteiger partial charge in [0.05, 0.1) is 12.2 Å². The summed E-state index contributed by atoms with van der Waals surface area (Å²) in [6.45, 7) is 6.32. The summed E-state index contributed by atoms with van der Waals surface area (Å²) in [5.74, 6) is -1.71. The van der Waals surface area contributed by atoms with Crippen LogP contribution in [0.25, 0.3) is 5.76 Å². The largest absolute Gasteiger partial charge is 0.507 e. The van der Waals surface area contributed by atoms with Crippen LogP contribution < -0.4 is 9.64 Å². The van der Waals surface area contributed by atoms with Gasteiger partial charge in [-0.1, -0.05) is 13.0 Å². The molecule has 1 N–H and O–H groups in total. The fraction of sp³-hybridized carbons (Fsp3) is 0.231. The van der Waals surface area contributed by atoms with Gasteiger partial charge in [-0.2, -0.15) is 0 Å². The Hall–Kier alpha value is -3.45. The SMILES string of the molecule is CCCOc1ccc(/C(O)=C2/C(=O)C(=O)N(c3cccc(F)c3)C2c2sccc2C)cc1C. The standard InChI is InChI=1S/C26H24FNO4S/c1-4-11-32-20-9-8-17(13-16(20)3)23(29)21-22(25-15(2)10-12-33-25)28(26(31)24(21)30)19-7-5-6-18(27)14-19/h5-10,12-14,22,29H,4,11H2,1-3H3/b23-21-. The number of Topliss-reactive ketones (excluding diaryl/α,β-unsaturated/α-hetero) is 1. The highest BCUT2D eigenvalue weighted by Crippen LogP contribution is 2.45. The topological polar surface area (TPSA) is 66.8 Å². The first-order chi connectivity index (χ1) is 15.8. The zero-order valence-electron chi connectivity index (χ0n) is 18.6. The van der Waals surface area contributed by atoms with Crippen LogP contribution in [0.5, 0.6) is 5.75 Å². The zero-order valence-corrected chi connectivity index (χ0v) is 19.4. The van der Waals surface area contributed by atoms with Crippen LogP contribution in [-0.2, 0) is 9.59 Å². The number of thiophene rings is 1. The smallest absolute Gasteiger partial charge is 0.300 e. The van der Waals surface area contributed by atoms with Gasteiger partial charge in [0.1, 0.15) is 23.4 Å². The molecule has 1 atom stereocenters. The van der Waals surface area contributed by atoms with Crippen LogP contribution >= 0.6 is 11.3 Å². The van der Waals surface area contributed by atoms with Gasteiger partial charge in [-0.15, -0.1) is 11.3 Å². The molecule has 0 radical (unpaired) electrons. The Labute approximate surface area is 195 Å². The van der Waals surface area contributed by atoms with Crippen LogP contribution in [0.3, 0.4) is 0 Å². The van der Waals surface area contributed by atoms with Crippen LogP contribution in [0.15, 0.2) is 59.5 Å². The molecule has 4 rings (SSSR count). The highest BCUT2D eigenvalue weighted by atomic mass is 32.1. The van der Waals surface area contributed by atoms with Crippen LogP contribution in [0, 0.1) is 19.7 Å². The van der Waals surface area contributed by atoms with Gasteiger partial charge in [-0.25, -0.2) is 4.39 Å². The van der Waals surface area contributed by atoms with Crippen molar-refractivity contribution in [3.8, 4) is 5.75 Å². The maximum atomic E-state index is 14.0. The van der Waals surface area contributed by atoms with E-state index in [1.807, 2.05) is 32.2 Å². The molecule has 1 unspecified atom stereocenters. The minimum Gasteiger partial charge on any atom is -0.507 e. The molecule has 0 saturated carbocycles. The minimum atomic E-state index is -0.858. The fourth-order valence-corrected chi connectivity index (χ4v) is 4.99. The predicted molar refractivity (Wildman–Crippen MR) is 127 cm³/mol. The Kier molecular flexibility index (Phi) is 6.33. The first kappa shape index (κ1) is 22.7. The number of nitrogens with zero attached hydrogens (tertiary/aromatic N) is 1. The molecule has 170 valence electrons. The van der Waals surface area contributed by atoms with E-state index in [9.17, 15) is 19.1 Å². The zero-order chi connectivity index (χ0) is 23.7. The number of aryl methyl sites for hydroxylation is 2. The summed E-state index contributed by atoms with van der Waals surface area (Å²) in [6.07, 6.45) is 0.866. The number of ether oxygens (including phenoxy) is 1. The van der Waals surface area contributed by atoms with Gasteiger partial charge in [0.15, 0.2) is 0 Å². The molecule has 2 heterocycles. The van der Waals surface area contributed by atoms with Crippen molar-refractivity contribution < 1.29 is 23.8 Å². The third-order valence-electron chi connectivity index (χ3n) is 5.59. The van der Waals surface area contributed by atoms with Gasteiger partial charge in [-0.05, 0) is 79.2 Å². The summed E-state index contributed by atoms with van der Waals surface area (Å²) in [5.41, 5.74) is 2.33. The maximum absolute atomic E-state index is 14.0. The molecule has 1 aliphatic heterocycles. The predicted octanol–water partition coefficient (Wildman–Crippen LogP) is 5.92. The Balaban J connectivity index is 1.88. The summed E-state index contributed by atoms with van der Waals surface area (Å²) in [7, 11) is 0. The van der Waals surface area contributed by atoms with Gasteiger partial charge in [0, 0.05) is 16.1 Å². The molecular weight excluding hydrogens is 441 g/mol. The summed E-state index contributed by atoms with van der Waals surface area (Å²) in [6, 6.07) is 11.7. The molecule has 33 heavy (non-hydrogen) atoms.